The summed E-state index contributed by atoms with van der Waals surface area (Å²) in [6, 6.07) is 6.82. The van der Waals surface area contributed by atoms with E-state index in [9.17, 15) is 4.79 Å². The van der Waals surface area contributed by atoms with Crippen LogP contribution in [0.1, 0.15) is 12.5 Å². The summed E-state index contributed by atoms with van der Waals surface area (Å²) in [5, 5.41) is 11.4. The molecule has 0 saturated carbocycles. The normalized spacial score (nSPS) is 12.2. The Balaban J connectivity index is 2.60. The van der Waals surface area contributed by atoms with Crippen molar-refractivity contribution in [2.75, 3.05) is 11.9 Å². The van der Waals surface area contributed by atoms with Crippen LogP contribution >= 0.6 is 0 Å². The van der Waals surface area contributed by atoms with Crippen LogP contribution in [0.4, 0.5) is 5.69 Å². The largest absolute Gasteiger partial charge is 0.396 e. The molecule has 0 aliphatic carbocycles. The second-order valence-corrected chi connectivity index (χ2v) is 3.45. The minimum atomic E-state index is -0.512. The molecule has 1 aromatic rings. The van der Waals surface area contributed by atoms with Crippen LogP contribution in [0.5, 0.6) is 0 Å². The Labute approximate surface area is 89.1 Å². The fraction of sp³-hybridized carbons (Fsp3) is 0.364. The van der Waals surface area contributed by atoms with Crippen LogP contribution in [0.2, 0.25) is 0 Å². The van der Waals surface area contributed by atoms with Gasteiger partial charge in [0.1, 0.15) is 0 Å². The topological polar surface area (TPSA) is 75.4 Å². The van der Waals surface area contributed by atoms with E-state index in [4.69, 9.17) is 10.8 Å². The number of aliphatic hydroxyl groups is 1. The average molecular weight is 208 g/mol. The molecule has 0 fully saturated rings. The molecule has 0 heterocycles. The Morgan fingerprint density at radius 1 is 1.47 bits per heavy atom. The van der Waals surface area contributed by atoms with Gasteiger partial charge in [0.05, 0.1) is 6.04 Å². The van der Waals surface area contributed by atoms with Gasteiger partial charge in [-0.05, 0) is 31.0 Å². The molecule has 4 heteroatoms. The fourth-order valence-electron chi connectivity index (χ4n) is 1.14. The van der Waals surface area contributed by atoms with E-state index in [1.807, 2.05) is 12.1 Å². The molecule has 1 aromatic carbocycles. The van der Waals surface area contributed by atoms with Crippen LogP contribution < -0.4 is 11.1 Å². The first-order valence-corrected chi connectivity index (χ1v) is 4.89. The maximum atomic E-state index is 11.2. The average Bonchev–Trinajstić information content (AvgIpc) is 2.21. The first kappa shape index (κ1) is 11.7. The number of rotatable bonds is 4. The van der Waals surface area contributed by atoms with Gasteiger partial charge in [-0.2, -0.15) is 0 Å². The zero-order valence-electron chi connectivity index (χ0n) is 8.73. The highest BCUT2D eigenvalue weighted by molar-refractivity contribution is 5.94. The lowest BCUT2D eigenvalue weighted by molar-refractivity contribution is -0.117. The Morgan fingerprint density at radius 3 is 2.53 bits per heavy atom. The van der Waals surface area contributed by atoms with Gasteiger partial charge in [-0.15, -0.1) is 0 Å². The molecule has 0 bridgehead atoms. The van der Waals surface area contributed by atoms with Crippen molar-refractivity contribution in [3.63, 3.8) is 0 Å². The molecule has 1 atom stereocenters. The number of carbonyl (C=O) groups excluding carboxylic acids is 1. The van der Waals surface area contributed by atoms with E-state index in [2.05, 4.69) is 5.32 Å². The monoisotopic (exact) mass is 208 g/mol. The lowest BCUT2D eigenvalue weighted by Gasteiger charge is -2.08. The molecule has 1 amide bonds. The Bertz CT molecular complexity index is 320. The van der Waals surface area contributed by atoms with Gasteiger partial charge in [-0.25, -0.2) is 0 Å². The summed E-state index contributed by atoms with van der Waals surface area (Å²) < 4.78 is 0. The van der Waals surface area contributed by atoms with Crippen LogP contribution in [0.15, 0.2) is 24.3 Å². The predicted molar refractivity (Wildman–Crippen MR) is 59.5 cm³/mol. The molecular weight excluding hydrogens is 192 g/mol. The van der Waals surface area contributed by atoms with Gasteiger partial charge < -0.3 is 16.2 Å². The molecular formula is C11H16N2O2. The van der Waals surface area contributed by atoms with E-state index < -0.39 is 6.04 Å². The van der Waals surface area contributed by atoms with E-state index in [1.165, 1.54) is 0 Å². The highest BCUT2D eigenvalue weighted by Crippen LogP contribution is 2.09. The molecule has 0 aliphatic heterocycles. The predicted octanol–water partition coefficient (Wildman–Crippen LogP) is 0.507. The summed E-state index contributed by atoms with van der Waals surface area (Å²) in [7, 11) is 0. The summed E-state index contributed by atoms with van der Waals surface area (Å²) >= 11 is 0. The minimum Gasteiger partial charge on any atom is -0.396 e. The van der Waals surface area contributed by atoms with Crippen LogP contribution in [0.25, 0.3) is 0 Å². The van der Waals surface area contributed by atoms with Gasteiger partial charge in [0.15, 0.2) is 0 Å². The highest BCUT2D eigenvalue weighted by Gasteiger charge is 2.06. The molecule has 0 aromatic heterocycles. The van der Waals surface area contributed by atoms with Crippen LogP contribution in [-0.2, 0) is 11.2 Å². The van der Waals surface area contributed by atoms with Gasteiger partial charge >= 0.3 is 0 Å². The Kier molecular flexibility index (Phi) is 4.27. The van der Waals surface area contributed by atoms with E-state index in [0.29, 0.717) is 6.42 Å². The lowest BCUT2D eigenvalue weighted by atomic mass is 10.1. The second kappa shape index (κ2) is 5.48. The van der Waals surface area contributed by atoms with Gasteiger partial charge in [-0.3, -0.25) is 4.79 Å². The third kappa shape index (κ3) is 3.69. The zero-order chi connectivity index (χ0) is 11.3. The molecule has 1 rings (SSSR count). The van der Waals surface area contributed by atoms with E-state index in [1.54, 1.807) is 19.1 Å². The quantitative estimate of drug-likeness (QED) is 0.674. The minimum absolute atomic E-state index is 0.130. The van der Waals surface area contributed by atoms with E-state index in [-0.39, 0.29) is 12.5 Å². The van der Waals surface area contributed by atoms with Crippen molar-refractivity contribution >= 4 is 11.6 Å². The molecule has 1 unspecified atom stereocenters. The molecule has 4 N–H and O–H groups in total. The molecule has 4 nitrogen and oxygen atoms in total. The number of carbonyl (C=O) groups is 1. The van der Waals surface area contributed by atoms with Crippen molar-refractivity contribution in [3.05, 3.63) is 29.8 Å². The number of amides is 1. The number of nitrogens with two attached hydrogens (primary N) is 1. The molecule has 0 radical (unpaired) electrons. The van der Waals surface area contributed by atoms with Crippen molar-refractivity contribution in [1.82, 2.24) is 0 Å². The summed E-state index contributed by atoms with van der Waals surface area (Å²) in [5.41, 5.74) is 7.18. The summed E-state index contributed by atoms with van der Waals surface area (Å²) in [4.78, 5) is 11.2. The number of anilines is 1. The van der Waals surface area contributed by atoms with Crippen LogP contribution in [0, 0.1) is 0 Å². The number of benzene rings is 1. The van der Waals surface area contributed by atoms with Gasteiger partial charge in [0, 0.05) is 12.3 Å². The van der Waals surface area contributed by atoms with Crippen molar-refractivity contribution < 1.29 is 9.90 Å². The first-order chi connectivity index (χ1) is 7.13. The fourth-order valence-corrected chi connectivity index (χ4v) is 1.14. The zero-order valence-corrected chi connectivity index (χ0v) is 8.73. The second-order valence-electron chi connectivity index (χ2n) is 3.45. The summed E-state index contributed by atoms with van der Waals surface area (Å²) in [6.45, 7) is 1.76. The molecule has 82 valence electrons. The molecule has 0 saturated heterocycles. The summed E-state index contributed by atoms with van der Waals surface area (Å²) in [5.74, 6) is -0.204. The van der Waals surface area contributed by atoms with Gasteiger partial charge in [-0.1, -0.05) is 12.1 Å². The van der Waals surface area contributed by atoms with Crippen molar-refractivity contribution in [1.29, 1.82) is 0 Å². The van der Waals surface area contributed by atoms with Crippen molar-refractivity contribution in [2.24, 2.45) is 5.73 Å². The van der Waals surface area contributed by atoms with Gasteiger partial charge in [0.25, 0.3) is 0 Å². The van der Waals surface area contributed by atoms with Gasteiger partial charge in [0.2, 0.25) is 5.91 Å². The van der Waals surface area contributed by atoms with Crippen LogP contribution in [0.3, 0.4) is 0 Å². The maximum absolute atomic E-state index is 11.2. The number of aliphatic hydroxyl groups excluding tert-OH is 1. The SMILES string of the molecule is CC(N)C(=O)Nc1ccc(CCO)cc1. The first-order valence-electron chi connectivity index (χ1n) is 4.89. The third-order valence-electron chi connectivity index (χ3n) is 2.04. The third-order valence-corrected chi connectivity index (χ3v) is 2.04. The number of hydrogen-bond donors (Lipinski definition) is 3. The molecule has 0 aliphatic rings. The number of hydrogen-bond acceptors (Lipinski definition) is 3. The smallest absolute Gasteiger partial charge is 0.240 e. The molecule has 0 spiro atoms. The Hall–Kier alpha value is -1.39. The van der Waals surface area contributed by atoms with E-state index in [0.717, 1.165) is 11.3 Å². The van der Waals surface area contributed by atoms with Crippen molar-refractivity contribution in [2.45, 2.75) is 19.4 Å². The van der Waals surface area contributed by atoms with E-state index >= 15 is 0 Å². The van der Waals surface area contributed by atoms with Crippen molar-refractivity contribution in [3.8, 4) is 0 Å². The number of nitrogens with one attached hydrogen (secondary N) is 1. The molecule has 15 heavy (non-hydrogen) atoms. The van der Waals surface area contributed by atoms with Crippen LogP contribution in [-0.4, -0.2) is 23.7 Å². The standard InChI is InChI=1S/C11H16N2O2/c1-8(12)11(15)13-10-4-2-9(3-5-10)6-7-14/h2-5,8,14H,6-7,12H2,1H3,(H,13,15). The highest BCUT2D eigenvalue weighted by atomic mass is 16.2. The Morgan fingerprint density at radius 2 is 2.07 bits per heavy atom. The lowest BCUT2D eigenvalue weighted by Crippen LogP contribution is -2.32. The summed E-state index contributed by atoms with van der Waals surface area (Å²) in [6.07, 6.45) is 0.627. The maximum Gasteiger partial charge on any atom is 0.240 e.